The Morgan fingerprint density at radius 2 is 1.84 bits per heavy atom. The number of anilines is 1. The van der Waals surface area contributed by atoms with Crippen molar-refractivity contribution in [2.75, 3.05) is 18.9 Å². The molecular formula is C27H27ClN6O4. The van der Waals surface area contributed by atoms with Crippen LogP contribution in [-0.2, 0) is 22.4 Å². The molecule has 0 saturated carbocycles. The fraction of sp³-hybridized carbons (Fsp3) is 0.296. The number of rotatable bonds is 8. The van der Waals surface area contributed by atoms with Gasteiger partial charge in [-0.1, -0.05) is 41.9 Å². The second-order valence-electron chi connectivity index (χ2n) is 9.38. The van der Waals surface area contributed by atoms with Gasteiger partial charge in [0.1, 0.15) is 30.2 Å². The first-order valence-electron chi connectivity index (χ1n) is 12.3. The average molecular weight is 535 g/mol. The highest BCUT2D eigenvalue weighted by Gasteiger charge is 2.44. The highest BCUT2D eigenvalue weighted by Crippen LogP contribution is 2.32. The molecule has 196 valence electrons. The highest BCUT2D eigenvalue weighted by molar-refractivity contribution is 6.30. The van der Waals surface area contributed by atoms with Gasteiger partial charge in [0.05, 0.1) is 19.5 Å². The first kappa shape index (κ1) is 24.8. The third-order valence-corrected chi connectivity index (χ3v) is 7.19. The van der Waals surface area contributed by atoms with Crippen LogP contribution in [-0.4, -0.2) is 65.8 Å². The zero-order valence-electron chi connectivity index (χ0n) is 20.4. The first-order chi connectivity index (χ1) is 18.5. The van der Waals surface area contributed by atoms with Crippen LogP contribution in [0.1, 0.15) is 17.4 Å². The van der Waals surface area contributed by atoms with Crippen molar-refractivity contribution in [3.63, 3.8) is 0 Å². The zero-order valence-corrected chi connectivity index (χ0v) is 21.1. The average Bonchev–Trinajstić information content (AvgIpc) is 3.59. The summed E-state index contributed by atoms with van der Waals surface area (Å²) in [4.78, 5) is 12.3. The van der Waals surface area contributed by atoms with Gasteiger partial charge in [-0.05, 0) is 35.7 Å². The standard InChI is InChI=1S/C27H27ClN6O4/c28-18-7-5-16(6-8-18)11-33-12-17(19-3-1-2-4-20(19)33)9-10-37-13-21-23(35)24(36)27(38-21)34-15-32-22-25(29)30-14-31-26(22)34/h1-8,12,14-15,21,23-24,27,35-36H,9-11,13H2,(H2,29,30,31)/t21-,23-,24-,27-/m1/s1. The molecule has 1 saturated heterocycles. The number of hydrogen-bond acceptors (Lipinski definition) is 8. The summed E-state index contributed by atoms with van der Waals surface area (Å²) >= 11 is 6.04. The van der Waals surface area contributed by atoms with Gasteiger partial charge in [-0.15, -0.1) is 0 Å². The van der Waals surface area contributed by atoms with Gasteiger partial charge in [-0.3, -0.25) is 4.57 Å². The molecule has 5 aromatic rings. The Balaban J connectivity index is 1.10. The molecule has 38 heavy (non-hydrogen) atoms. The number of fused-ring (bicyclic) bond motifs is 2. The lowest BCUT2D eigenvalue weighted by molar-refractivity contribution is -0.0650. The molecule has 4 heterocycles. The molecule has 0 bridgehead atoms. The maximum atomic E-state index is 10.7. The number of halogens is 1. The number of nitrogens with zero attached hydrogens (tertiary/aromatic N) is 5. The van der Waals surface area contributed by atoms with E-state index in [0.717, 1.165) is 17.1 Å². The van der Waals surface area contributed by atoms with Crippen molar-refractivity contribution in [2.24, 2.45) is 0 Å². The van der Waals surface area contributed by atoms with Gasteiger partial charge in [0.25, 0.3) is 0 Å². The van der Waals surface area contributed by atoms with Crippen LogP contribution in [0.3, 0.4) is 0 Å². The molecule has 3 aromatic heterocycles. The third-order valence-electron chi connectivity index (χ3n) is 6.93. The van der Waals surface area contributed by atoms with Gasteiger partial charge >= 0.3 is 0 Å². The van der Waals surface area contributed by atoms with Crippen LogP contribution in [0.4, 0.5) is 5.82 Å². The quantitative estimate of drug-likeness (QED) is 0.259. The Morgan fingerprint density at radius 3 is 2.68 bits per heavy atom. The Bertz CT molecular complexity index is 1570. The second kappa shape index (κ2) is 10.3. The summed E-state index contributed by atoms with van der Waals surface area (Å²) < 4.78 is 15.7. The van der Waals surface area contributed by atoms with Crippen LogP contribution in [0, 0.1) is 0 Å². The van der Waals surface area contributed by atoms with Crippen LogP contribution >= 0.6 is 11.6 Å². The number of nitrogen functional groups attached to an aromatic ring is 1. The van der Waals surface area contributed by atoms with Gasteiger partial charge in [-0.25, -0.2) is 15.0 Å². The van der Waals surface area contributed by atoms with Gasteiger partial charge in [-0.2, -0.15) is 0 Å². The Kier molecular flexibility index (Phi) is 6.73. The molecule has 4 N–H and O–H groups in total. The van der Waals surface area contributed by atoms with E-state index in [2.05, 4.69) is 37.8 Å². The van der Waals surface area contributed by atoms with Crippen molar-refractivity contribution in [3.05, 3.63) is 83.5 Å². The number of aliphatic hydroxyl groups excluding tert-OH is 2. The van der Waals surface area contributed by atoms with E-state index >= 15 is 0 Å². The van der Waals surface area contributed by atoms with Crippen molar-refractivity contribution in [3.8, 4) is 0 Å². The van der Waals surface area contributed by atoms with Crippen molar-refractivity contribution >= 4 is 39.5 Å². The number of aromatic nitrogens is 5. The first-order valence-corrected chi connectivity index (χ1v) is 12.7. The minimum absolute atomic E-state index is 0.127. The normalized spacial score (nSPS) is 21.6. The lowest BCUT2D eigenvalue weighted by Crippen LogP contribution is -2.34. The van der Waals surface area contributed by atoms with E-state index in [1.165, 1.54) is 29.2 Å². The molecule has 1 aliphatic heterocycles. The van der Waals surface area contributed by atoms with Crippen LogP contribution in [0.2, 0.25) is 5.02 Å². The van der Waals surface area contributed by atoms with Crippen molar-refractivity contribution < 1.29 is 19.7 Å². The van der Waals surface area contributed by atoms with Gasteiger partial charge in [0, 0.05) is 28.7 Å². The van der Waals surface area contributed by atoms with E-state index in [-0.39, 0.29) is 12.4 Å². The largest absolute Gasteiger partial charge is 0.387 e. The van der Waals surface area contributed by atoms with Gasteiger partial charge < -0.3 is 30.0 Å². The molecule has 1 fully saturated rings. The number of imidazole rings is 1. The molecule has 10 nitrogen and oxygen atoms in total. The van der Waals surface area contributed by atoms with E-state index in [1.807, 2.05) is 36.4 Å². The number of hydrogen-bond donors (Lipinski definition) is 3. The molecular weight excluding hydrogens is 508 g/mol. The summed E-state index contributed by atoms with van der Waals surface area (Å²) in [7, 11) is 0. The number of aliphatic hydroxyl groups is 2. The zero-order chi connectivity index (χ0) is 26.2. The summed E-state index contributed by atoms with van der Waals surface area (Å²) in [5.74, 6) is 0.233. The Morgan fingerprint density at radius 1 is 1.03 bits per heavy atom. The van der Waals surface area contributed by atoms with Crippen molar-refractivity contribution in [1.82, 2.24) is 24.1 Å². The molecule has 0 amide bonds. The van der Waals surface area contributed by atoms with E-state index in [9.17, 15) is 10.2 Å². The molecule has 4 atom stereocenters. The smallest absolute Gasteiger partial charge is 0.167 e. The molecule has 2 aromatic carbocycles. The number of para-hydroxylation sites is 1. The minimum Gasteiger partial charge on any atom is -0.387 e. The predicted molar refractivity (Wildman–Crippen MR) is 143 cm³/mol. The summed E-state index contributed by atoms with van der Waals surface area (Å²) in [6.07, 6.45) is 1.74. The molecule has 0 spiro atoms. The van der Waals surface area contributed by atoms with Gasteiger partial charge in [0.2, 0.25) is 0 Å². The van der Waals surface area contributed by atoms with E-state index < -0.39 is 24.5 Å². The maximum absolute atomic E-state index is 10.7. The second-order valence-corrected chi connectivity index (χ2v) is 9.82. The Hall–Kier alpha value is -3.54. The van der Waals surface area contributed by atoms with Gasteiger partial charge in [0.15, 0.2) is 17.7 Å². The fourth-order valence-electron chi connectivity index (χ4n) is 4.97. The summed E-state index contributed by atoms with van der Waals surface area (Å²) in [5.41, 5.74) is 10.2. The van der Waals surface area contributed by atoms with Crippen molar-refractivity contribution in [1.29, 1.82) is 0 Å². The van der Waals surface area contributed by atoms with Crippen LogP contribution in [0.15, 0.2) is 67.4 Å². The number of nitrogens with two attached hydrogens (primary N) is 1. The van der Waals surface area contributed by atoms with E-state index in [0.29, 0.717) is 24.2 Å². The summed E-state index contributed by atoms with van der Waals surface area (Å²) in [6, 6.07) is 16.1. The number of benzene rings is 2. The molecule has 0 unspecified atom stereocenters. The summed E-state index contributed by atoms with van der Waals surface area (Å²) in [5, 5.41) is 23.2. The number of ether oxygens (including phenoxy) is 2. The van der Waals surface area contributed by atoms with Crippen LogP contribution in [0.25, 0.3) is 22.1 Å². The fourth-order valence-corrected chi connectivity index (χ4v) is 5.10. The van der Waals surface area contributed by atoms with E-state index in [4.69, 9.17) is 26.8 Å². The molecule has 0 radical (unpaired) electrons. The summed E-state index contributed by atoms with van der Waals surface area (Å²) in [6.45, 7) is 1.29. The lowest BCUT2D eigenvalue weighted by Gasteiger charge is -2.16. The topological polar surface area (TPSA) is 133 Å². The lowest BCUT2D eigenvalue weighted by atomic mass is 10.1. The predicted octanol–water partition coefficient (Wildman–Crippen LogP) is 2.94. The molecule has 0 aliphatic carbocycles. The monoisotopic (exact) mass is 534 g/mol. The van der Waals surface area contributed by atoms with E-state index in [1.54, 1.807) is 4.57 Å². The molecule has 6 rings (SSSR count). The molecule has 11 heteroatoms. The van der Waals surface area contributed by atoms with Crippen LogP contribution in [0.5, 0.6) is 0 Å². The highest BCUT2D eigenvalue weighted by atomic mass is 35.5. The minimum atomic E-state index is -1.18. The molecule has 1 aliphatic rings. The Labute approximate surface area is 223 Å². The maximum Gasteiger partial charge on any atom is 0.167 e. The SMILES string of the molecule is Nc1ncnc2c1ncn2[C@@H]1O[C@H](COCCc2cn(Cc3ccc(Cl)cc3)c3ccccc23)[C@@H](O)[C@H]1O. The third kappa shape index (κ3) is 4.61. The van der Waals surface area contributed by atoms with Crippen LogP contribution < -0.4 is 5.73 Å². The van der Waals surface area contributed by atoms with Crippen molar-refractivity contribution in [2.45, 2.75) is 37.5 Å².